The molecule has 4 aliphatic heterocycles. The van der Waals surface area contributed by atoms with Gasteiger partial charge in [0.05, 0.1) is 31.7 Å². The average Bonchev–Trinajstić information content (AvgIpc) is 3.16. The molecule has 0 radical (unpaired) electrons. The molecule has 152 valence electrons. The van der Waals surface area contributed by atoms with E-state index in [9.17, 15) is 4.79 Å². The van der Waals surface area contributed by atoms with Crippen molar-refractivity contribution in [3.8, 4) is 22.8 Å². The lowest BCUT2D eigenvalue weighted by molar-refractivity contribution is -0.125. The molecule has 1 aromatic carbocycles. The van der Waals surface area contributed by atoms with Crippen LogP contribution in [-0.4, -0.2) is 34.2 Å². The molecule has 1 unspecified atom stereocenters. The summed E-state index contributed by atoms with van der Waals surface area (Å²) in [5.74, 6) is 7.36. The van der Waals surface area contributed by atoms with Gasteiger partial charge in [0.1, 0.15) is 23.4 Å². The first-order chi connectivity index (χ1) is 14.7. The second-order valence-electron chi connectivity index (χ2n) is 6.85. The number of aromatic nitrogens is 2. The van der Waals surface area contributed by atoms with Crippen LogP contribution in [0.2, 0.25) is 0 Å². The molecular formula is C21H20N6O3. The van der Waals surface area contributed by atoms with Gasteiger partial charge in [0.15, 0.2) is 0 Å². The van der Waals surface area contributed by atoms with E-state index in [4.69, 9.17) is 15.3 Å². The number of pyridine rings is 1. The first kappa shape index (κ1) is 18.2. The fourth-order valence-electron chi connectivity index (χ4n) is 3.83. The molecule has 4 aliphatic rings. The monoisotopic (exact) mass is 404 g/mol. The molecule has 0 aromatic heterocycles. The van der Waals surface area contributed by atoms with Gasteiger partial charge >= 0.3 is 0 Å². The lowest BCUT2D eigenvalue weighted by Gasteiger charge is -2.29. The van der Waals surface area contributed by atoms with Crippen molar-refractivity contribution in [2.24, 2.45) is 5.84 Å². The summed E-state index contributed by atoms with van der Waals surface area (Å²) in [6, 6.07) is 11.2. The van der Waals surface area contributed by atoms with Crippen molar-refractivity contribution in [1.82, 2.24) is 25.2 Å². The fourth-order valence-corrected chi connectivity index (χ4v) is 3.83. The number of carbonyl (C=O) groups is 1. The lowest BCUT2D eigenvalue weighted by atomic mass is 9.95. The molecule has 0 saturated carbocycles. The number of para-hydroxylation sites is 2. The van der Waals surface area contributed by atoms with E-state index in [1.54, 1.807) is 13.3 Å². The number of benzene rings is 1. The van der Waals surface area contributed by atoms with Crippen LogP contribution in [0.15, 0.2) is 72.7 Å². The van der Waals surface area contributed by atoms with Gasteiger partial charge in [-0.1, -0.05) is 12.1 Å². The number of carbonyl (C=O) groups excluding carboxylic acids is 1. The minimum Gasteiger partial charge on any atom is -0.495 e. The van der Waals surface area contributed by atoms with Crippen molar-refractivity contribution >= 4 is 5.91 Å². The van der Waals surface area contributed by atoms with Gasteiger partial charge in [0.2, 0.25) is 5.88 Å². The second kappa shape index (κ2) is 7.21. The van der Waals surface area contributed by atoms with Crippen LogP contribution in [0.4, 0.5) is 0 Å². The highest BCUT2D eigenvalue weighted by Crippen LogP contribution is 2.38. The molecule has 9 heteroatoms. The molecule has 5 rings (SSSR count). The second-order valence-corrected chi connectivity index (χ2v) is 6.85. The van der Waals surface area contributed by atoms with E-state index in [0.29, 0.717) is 18.1 Å². The molecule has 9 nitrogen and oxygen atoms in total. The number of nitrogens with one attached hydrogen (secondary N) is 2. The summed E-state index contributed by atoms with van der Waals surface area (Å²) in [7, 11) is 1.64. The Morgan fingerprint density at radius 2 is 2.13 bits per heavy atom. The van der Waals surface area contributed by atoms with Crippen LogP contribution in [0.5, 0.6) is 5.75 Å². The summed E-state index contributed by atoms with van der Waals surface area (Å²) in [4.78, 5) is 17.5. The van der Waals surface area contributed by atoms with Crippen molar-refractivity contribution in [2.45, 2.75) is 6.04 Å². The van der Waals surface area contributed by atoms with Gasteiger partial charge in [-0.05, 0) is 24.3 Å². The maximum Gasteiger partial charge on any atom is 0.275 e. The van der Waals surface area contributed by atoms with Crippen LogP contribution in [0, 0.1) is 0 Å². The van der Waals surface area contributed by atoms with Crippen LogP contribution in [0.25, 0.3) is 17.1 Å². The molecule has 4 N–H and O–H groups in total. The minimum absolute atomic E-state index is 0.355. The van der Waals surface area contributed by atoms with Gasteiger partial charge in [-0.2, -0.15) is 0 Å². The number of rotatable bonds is 3. The average molecular weight is 404 g/mol. The zero-order chi connectivity index (χ0) is 20.7. The zero-order valence-electron chi connectivity index (χ0n) is 16.2. The Morgan fingerprint density at radius 3 is 3.00 bits per heavy atom. The van der Waals surface area contributed by atoms with E-state index >= 15 is 0 Å². The Hall–Kier alpha value is -3.82. The first-order valence-corrected chi connectivity index (χ1v) is 9.41. The van der Waals surface area contributed by atoms with E-state index in [2.05, 4.69) is 15.6 Å². The number of ether oxygens (including phenoxy) is 2. The Labute approximate surface area is 172 Å². The molecular weight excluding hydrogens is 384 g/mol. The molecule has 0 aliphatic carbocycles. The SMILES string of the molecule is COc1ccccc1-n1cccc2c(C3NCNC4=C3C(=O)N(N)C=CO4)cnc1-2. The third-order valence-corrected chi connectivity index (χ3v) is 5.22. The normalized spacial score (nSPS) is 18.7. The van der Waals surface area contributed by atoms with Crippen LogP contribution < -0.4 is 21.2 Å². The molecule has 1 aromatic rings. The van der Waals surface area contributed by atoms with Crippen molar-refractivity contribution < 1.29 is 14.3 Å². The van der Waals surface area contributed by atoms with Gasteiger partial charge < -0.3 is 14.8 Å². The van der Waals surface area contributed by atoms with Crippen LogP contribution >= 0.6 is 0 Å². The van der Waals surface area contributed by atoms with Crippen molar-refractivity contribution in [3.05, 3.63) is 78.3 Å². The number of hydrazine groups is 1. The molecule has 30 heavy (non-hydrogen) atoms. The smallest absolute Gasteiger partial charge is 0.275 e. The summed E-state index contributed by atoms with van der Waals surface area (Å²) in [5.41, 5.74) is 3.04. The number of hydrogen-bond donors (Lipinski definition) is 3. The standard InChI is InChI=1S/C21H20N6O3/c1-29-16-7-3-2-6-15(16)26-8-4-5-13-14(11-23-19(13)26)18-17-20(25-12-24-18)30-10-9-27(22)21(17)28/h2-11,18,24-25H,12,22H2,1H3. The highest BCUT2D eigenvalue weighted by Gasteiger charge is 2.36. The topological polar surface area (TPSA) is 107 Å². The summed E-state index contributed by atoms with van der Waals surface area (Å²) in [6.45, 7) is 0.432. The van der Waals surface area contributed by atoms with Crippen LogP contribution in [0.1, 0.15) is 11.6 Å². The van der Waals surface area contributed by atoms with Gasteiger partial charge in [-0.3, -0.25) is 14.7 Å². The fraction of sp³-hybridized carbons (Fsp3) is 0.143. The van der Waals surface area contributed by atoms with E-state index < -0.39 is 6.04 Å². The number of fused-ring (bicyclic) bond motifs is 1. The predicted molar refractivity (Wildman–Crippen MR) is 109 cm³/mol. The van der Waals surface area contributed by atoms with E-state index in [-0.39, 0.29) is 5.91 Å². The highest BCUT2D eigenvalue weighted by molar-refractivity contribution is 5.96. The number of methoxy groups -OCH3 is 1. The summed E-state index contributed by atoms with van der Waals surface area (Å²) < 4.78 is 13.1. The molecule has 0 spiro atoms. The summed E-state index contributed by atoms with van der Waals surface area (Å²) >= 11 is 0. The first-order valence-electron chi connectivity index (χ1n) is 9.41. The number of amides is 1. The largest absolute Gasteiger partial charge is 0.495 e. The molecule has 0 saturated heterocycles. The molecule has 0 fully saturated rings. The molecule has 1 amide bonds. The molecule has 0 bridgehead atoms. The predicted octanol–water partition coefficient (Wildman–Crippen LogP) is 1.59. The van der Waals surface area contributed by atoms with Crippen LogP contribution in [-0.2, 0) is 9.53 Å². The number of nitrogens with two attached hydrogens (primary N) is 1. The van der Waals surface area contributed by atoms with Gasteiger partial charge in [0.25, 0.3) is 5.91 Å². The van der Waals surface area contributed by atoms with Gasteiger partial charge in [-0.15, -0.1) is 0 Å². The summed E-state index contributed by atoms with van der Waals surface area (Å²) in [5, 5.41) is 7.39. The Morgan fingerprint density at radius 1 is 1.27 bits per heavy atom. The van der Waals surface area contributed by atoms with E-state index in [1.165, 1.54) is 12.5 Å². The lowest BCUT2D eigenvalue weighted by Crippen LogP contribution is -2.45. The molecule has 4 heterocycles. The number of hydrogen-bond acceptors (Lipinski definition) is 7. The maximum absolute atomic E-state index is 12.9. The summed E-state index contributed by atoms with van der Waals surface area (Å²) in [6.07, 6.45) is 6.47. The maximum atomic E-state index is 12.9. The van der Waals surface area contributed by atoms with Crippen molar-refractivity contribution in [3.63, 3.8) is 0 Å². The highest BCUT2D eigenvalue weighted by atomic mass is 16.5. The Kier molecular flexibility index (Phi) is 4.38. The Bertz CT molecular complexity index is 1150. The minimum atomic E-state index is -0.432. The van der Waals surface area contributed by atoms with Gasteiger partial charge in [0, 0.05) is 23.5 Å². The molecule has 1 atom stereocenters. The third kappa shape index (κ3) is 2.79. The quantitative estimate of drug-likeness (QED) is 0.450. The van der Waals surface area contributed by atoms with Crippen LogP contribution in [0.3, 0.4) is 0 Å². The van der Waals surface area contributed by atoms with Gasteiger partial charge in [-0.25, -0.2) is 15.8 Å². The number of nitrogens with zero attached hydrogens (tertiary/aromatic N) is 3. The third-order valence-electron chi connectivity index (χ3n) is 5.22. The Balaban J connectivity index is 1.61. The van der Waals surface area contributed by atoms with Crippen molar-refractivity contribution in [2.75, 3.05) is 13.8 Å². The van der Waals surface area contributed by atoms with E-state index in [1.807, 2.05) is 47.2 Å². The van der Waals surface area contributed by atoms with E-state index in [0.717, 1.165) is 33.4 Å². The van der Waals surface area contributed by atoms with Crippen molar-refractivity contribution in [1.29, 1.82) is 0 Å². The zero-order valence-corrected chi connectivity index (χ0v) is 16.2.